The zero-order valence-electron chi connectivity index (χ0n) is 12.4. The minimum atomic E-state index is -0.903. The molecule has 0 aliphatic heterocycles. The lowest BCUT2D eigenvalue weighted by Crippen LogP contribution is -2.28. The number of hydrogen-bond acceptors (Lipinski definition) is 4. The number of fused-ring (bicyclic) bond motifs is 1. The van der Waals surface area contributed by atoms with Crippen LogP contribution < -0.4 is 5.56 Å². The van der Waals surface area contributed by atoms with Gasteiger partial charge in [-0.05, 0) is 18.6 Å². The first-order valence-electron chi connectivity index (χ1n) is 6.71. The van der Waals surface area contributed by atoms with Crippen molar-refractivity contribution in [2.45, 2.75) is 19.9 Å². The van der Waals surface area contributed by atoms with Crippen LogP contribution in [0.4, 0.5) is 0 Å². The van der Waals surface area contributed by atoms with Gasteiger partial charge in [0.25, 0.3) is 5.56 Å². The highest BCUT2D eigenvalue weighted by Gasteiger charge is 2.24. The number of aromatic nitrogens is 1. The van der Waals surface area contributed by atoms with E-state index in [2.05, 4.69) is 11.3 Å². The Morgan fingerprint density at radius 2 is 2.14 bits per heavy atom. The van der Waals surface area contributed by atoms with E-state index in [1.807, 2.05) is 6.92 Å². The van der Waals surface area contributed by atoms with Crippen LogP contribution in [-0.2, 0) is 11.3 Å². The van der Waals surface area contributed by atoms with Crippen molar-refractivity contribution < 1.29 is 14.6 Å². The van der Waals surface area contributed by atoms with Crippen LogP contribution in [0.15, 0.2) is 35.1 Å². The molecule has 2 rings (SSSR count). The predicted molar refractivity (Wildman–Crippen MR) is 85.7 cm³/mol. The Kier molecular flexibility index (Phi) is 4.56. The molecular formula is C16H16ClNO4. The zero-order chi connectivity index (χ0) is 16.4. The van der Waals surface area contributed by atoms with Gasteiger partial charge in [0.1, 0.15) is 5.75 Å². The number of allylic oxidation sites excluding steroid dienone is 1. The number of pyridine rings is 1. The molecule has 0 fully saturated rings. The summed E-state index contributed by atoms with van der Waals surface area (Å²) in [6.07, 6.45) is 0.683. The monoisotopic (exact) mass is 321 g/mol. The fourth-order valence-electron chi connectivity index (χ4n) is 2.22. The quantitative estimate of drug-likeness (QED) is 0.694. The van der Waals surface area contributed by atoms with Gasteiger partial charge < -0.3 is 14.4 Å². The number of aromatic hydroxyl groups is 1. The summed E-state index contributed by atoms with van der Waals surface area (Å²) in [5.41, 5.74) is 0.197. The maximum absolute atomic E-state index is 12.6. The summed E-state index contributed by atoms with van der Waals surface area (Å²) >= 11 is 6.13. The molecule has 0 aliphatic carbocycles. The van der Waals surface area contributed by atoms with E-state index in [0.29, 0.717) is 11.9 Å². The van der Waals surface area contributed by atoms with Gasteiger partial charge in [-0.1, -0.05) is 36.7 Å². The van der Waals surface area contributed by atoms with Crippen molar-refractivity contribution in [2.75, 3.05) is 7.11 Å². The number of rotatable bonds is 4. The first-order valence-corrected chi connectivity index (χ1v) is 7.09. The highest BCUT2D eigenvalue weighted by atomic mass is 35.5. The number of methoxy groups -OCH3 is 1. The summed E-state index contributed by atoms with van der Waals surface area (Å²) in [6.45, 7) is 6.04. The van der Waals surface area contributed by atoms with Crippen LogP contribution in [0.2, 0.25) is 5.02 Å². The topological polar surface area (TPSA) is 68.5 Å². The first-order chi connectivity index (χ1) is 10.4. The minimum absolute atomic E-state index is 0.233. The zero-order valence-corrected chi connectivity index (χ0v) is 13.1. The molecule has 6 heteroatoms. The van der Waals surface area contributed by atoms with Gasteiger partial charge in [-0.15, -0.1) is 0 Å². The molecule has 1 aromatic carbocycles. The third kappa shape index (κ3) is 2.60. The first kappa shape index (κ1) is 16.1. The largest absolute Gasteiger partial charge is 0.506 e. The van der Waals surface area contributed by atoms with Gasteiger partial charge in [0.2, 0.25) is 0 Å². The molecule has 1 N–H and O–H groups in total. The molecule has 0 spiro atoms. The molecule has 0 saturated heterocycles. The SMILES string of the molecule is C=C(CC)Cn1c(=O)c(C(=O)OC)c(O)c2c(Cl)cccc21. The lowest BCUT2D eigenvalue weighted by Gasteiger charge is -2.15. The number of hydrogen-bond donors (Lipinski definition) is 1. The summed E-state index contributed by atoms with van der Waals surface area (Å²) in [6, 6.07) is 4.91. The molecule has 116 valence electrons. The van der Waals surface area contributed by atoms with Gasteiger partial charge in [-0.2, -0.15) is 0 Å². The molecule has 2 aromatic rings. The van der Waals surface area contributed by atoms with Crippen LogP contribution >= 0.6 is 11.6 Å². The Labute approximate surface area is 132 Å². The van der Waals surface area contributed by atoms with Gasteiger partial charge in [0.15, 0.2) is 5.56 Å². The van der Waals surface area contributed by atoms with Crippen LogP contribution in [-0.4, -0.2) is 22.8 Å². The molecule has 1 heterocycles. The Bertz CT molecular complexity index is 823. The molecule has 5 nitrogen and oxygen atoms in total. The molecule has 0 radical (unpaired) electrons. The van der Waals surface area contributed by atoms with E-state index in [-0.39, 0.29) is 17.0 Å². The third-order valence-corrected chi connectivity index (χ3v) is 3.80. The van der Waals surface area contributed by atoms with Crippen molar-refractivity contribution in [1.82, 2.24) is 4.57 Å². The summed E-state index contributed by atoms with van der Waals surface area (Å²) in [5, 5.41) is 10.8. The number of ether oxygens (including phenoxy) is 1. The van der Waals surface area contributed by atoms with Crippen molar-refractivity contribution in [1.29, 1.82) is 0 Å². The molecule has 22 heavy (non-hydrogen) atoms. The van der Waals surface area contributed by atoms with Crippen LogP contribution in [0.5, 0.6) is 5.75 Å². The third-order valence-electron chi connectivity index (χ3n) is 3.49. The van der Waals surface area contributed by atoms with E-state index in [1.165, 1.54) is 4.57 Å². The summed E-state index contributed by atoms with van der Waals surface area (Å²) in [5.74, 6) is -1.36. The smallest absolute Gasteiger partial charge is 0.347 e. The number of benzene rings is 1. The lowest BCUT2D eigenvalue weighted by molar-refractivity contribution is 0.0595. The summed E-state index contributed by atoms with van der Waals surface area (Å²) in [7, 11) is 1.15. The molecule has 0 atom stereocenters. The van der Waals surface area contributed by atoms with E-state index in [0.717, 1.165) is 12.7 Å². The Morgan fingerprint density at radius 3 is 2.73 bits per heavy atom. The van der Waals surface area contributed by atoms with Crippen molar-refractivity contribution in [3.05, 3.63) is 51.3 Å². The summed E-state index contributed by atoms with van der Waals surface area (Å²) in [4.78, 5) is 24.4. The molecule has 0 saturated carbocycles. The van der Waals surface area contributed by atoms with Crippen molar-refractivity contribution in [3.63, 3.8) is 0 Å². The maximum atomic E-state index is 12.6. The van der Waals surface area contributed by atoms with Crippen LogP contribution in [0, 0.1) is 0 Å². The normalized spacial score (nSPS) is 10.7. The van der Waals surface area contributed by atoms with E-state index in [1.54, 1.807) is 18.2 Å². The second-order valence-corrected chi connectivity index (χ2v) is 5.25. The van der Waals surface area contributed by atoms with Crippen LogP contribution in [0.1, 0.15) is 23.7 Å². The Balaban J connectivity index is 2.93. The molecule has 0 amide bonds. The second kappa shape index (κ2) is 6.23. The van der Waals surface area contributed by atoms with Gasteiger partial charge >= 0.3 is 5.97 Å². The molecule has 0 bridgehead atoms. The minimum Gasteiger partial charge on any atom is -0.506 e. The van der Waals surface area contributed by atoms with Gasteiger partial charge in [0.05, 0.1) is 23.0 Å². The molecular weight excluding hydrogens is 306 g/mol. The van der Waals surface area contributed by atoms with Gasteiger partial charge in [-0.25, -0.2) is 4.79 Å². The Morgan fingerprint density at radius 1 is 1.45 bits per heavy atom. The van der Waals surface area contributed by atoms with E-state index in [4.69, 9.17) is 11.6 Å². The van der Waals surface area contributed by atoms with E-state index < -0.39 is 22.8 Å². The van der Waals surface area contributed by atoms with Crippen LogP contribution in [0.3, 0.4) is 0 Å². The Hall–Kier alpha value is -2.27. The van der Waals surface area contributed by atoms with E-state index >= 15 is 0 Å². The second-order valence-electron chi connectivity index (χ2n) is 4.84. The van der Waals surface area contributed by atoms with Crippen molar-refractivity contribution >= 4 is 28.5 Å². The van der Waals surface area contributed by atoms with Gasteiger partial charge in [-0.3, -0.25) is 4.79 Å². The average Bonchev–Trinajstić information content (AvgIpc) is 2.50. The van der Waals surface area contributed by atoms with Crippen LogP contribution in [0.25, 0.3) is 10.9 Å². The van der Waals surface area contributed by atoms with Crippen molar-refractivity contribution in [2.24, 2.45) is 0 Å². The molecule has 1 aromatic heterocycles. The fourth-order valence-corrected chi connectivity index (χ4v) is 2.48. The lowest BCUT2D eigenvalue weighted by atomic mass is 10.1. The number of halogens is 1. The molecule has 0 unspecified atom stereocenters. The summed E-state index contributed by atoms with van der Waals surface area (Å²) < 4.78 is 5.97. The highest BCUT2D eigenvalue weighted by molar-refractivity contribution is 6.36. The maximum Gasteiger partial charge on any atom is 0.347 e. The number of esters is 1. The number of nitrogens with zero attached hydrogens (tertiary/aromatic N) is 1. The van der Waals surface area contributed by atoms with Gasteiger partial charge in [0, 0.05) is 6.54 Å². The number of carbonyl (C=O) groups excluding carboxylic acids is 1. The molecule has 0 aliphatic rings. The highest BCUT2D eigenvalue weighted by Crippen LogP contribution is 2.33. The standard InChI is InChI=1S/C16H16ClNO4/c1-4-9(2)8-18-11-7-5-6-10(17)12(11)14(19)13(15(18)20)16(21)22-3/h5-7,19H,2,4,8H2,1,3H3. The van der Waals surface area contributed by atoms with E-state index in [9.17, 15) is 14.7 Å². The predicted octanol–water partition coefficient (Wildman–Crippen LogP) is 3.11. The average molecular weight is 322 g/mol. The number of carbonyl (C=O) groups is 1. The fraction of sp³-hybridized carbons (Fsp3) is 0.250. The van der Waals surface area contributed by atoms with Crippen molar-refractivity contribution in [3.8, 4) is 5.75 Å².